The third kappa shape index (κ3) is 5.75. The number of halogens is 1. The molecule has 2 saturated heterocycles. The highest BCUT2D eigenvalue weighted by Gasteiger charge is 2.43. The molecule has 0 amide bonds. The molecule has 4 aromatic rings. The van der Waals surface area contributed by atoms with Crippen LogP contribution >= 0.6 is 23.8 Å². The average Bonchev–Trinajstić information content (AvgIpc) is 3.61. The lowest BCUT2D eigenvalue weighted by atomic mass is 9.91. The largest absolute Gasteiger partial charge is 0.478 e. The zero-order chi connectivity index (χ0) is 31.1. The number of pyridine rings is 1. The van der Waals surface area contributed by atoms with Crippen molar-refractivity contribution >= 4 is 52.2 Å². The summed E-state index contributed by atoms with van der Waals surface area (Å²) in [4.78, 5) is 32.3. The van der Waals surface area contributed by atoms with E-state index in [1.165, 1.54) is 18.6 Å². The van der Waals surface area contributed by atoms with Gasteiger partial charge in [0.2, 0.25) is 0 Å². The molecule has 2 aliphatic rings. The van der Waals surface area contributed by atoms with Crippen LogP contribution in [-0.2, 0) is 0 Å². The second-order valence-corrected chi connectivity index (χ2v) is 12.4. The van der Waals surface area contributed by atoms with Crippen molar-refractivity contribution in [1.29, 1.82) is 0 Å². The molecule has 44 heavy (non-hydrogen) atoms. The Morgan fingerprint density at radius 2 is 1.68 bits per heavy atom. The minimum atomic E-state index is -1.23. The lowest BCUT2D eigenvalue weighted by Gasteiger charge is -2.37. The standard InChI is InChI=1S/C33H31ClN4O5S/c1-18-11-19(2)17-37(16-18)26-7-6-23(15-24(26)34)38-30(29(36-33(38)44)25-5-3-4-10-35-25)28-9-8-27(43-28)20-12-21(31(39)40)14-22(13-20)32(41)42/h3-10,12-15,18-19,29-30H,11,16-17H2,1-2H3,(H,36,44)(H,39,40)(H,41,42). The summed E-state index contributed by atoms with van der Waals surface area (Å²) < 4.78 is 6.35. The summed E-state index contributed by atoms with van der Waals surface area (Å²) in [7, 11) is 0. The highest BCUT2D eigenvalue weighted by Crippen LogP contribution is 2.44. The topological polar surface area (TPSA) is 119 Å². The van der Waals surface area contributed by atoms with Crippen LogP contribution in [0.4, 0.5) is 11.4 Å². The monoisotopic (exact) mass is 630 g/mol. The number of carboxylic acids is 2. The Balaban J connectivity index is 1.40. The van der Waals surface area contributed by atoms with Crippen LogP contribution in [0.5, 0.6) is 0 Å². The number of aromatic nitrogens is 1. The van der Waals surface area contributed by atoms with E-state index in [2.05, 4.69) is 29.0 Å². The van der Waals surface area contributed by atoms with Crippen molar-refractivity contribution in [3.05, 3.63) is 101 Å². The van der Waals surface area contributed by atoms with Gasteiger partial charge in [0.15, 0.2) is 5.11 Å². The van der Waals surface area contributed by atoms with E-state index in [-0.39, 0.29) is 17.2 Å². The van der Waals surface area contributed by atoms with Gasteiger partial charge in [-0.3, -0.25) is 4.98 Å². The number of carbonyl (C=O) groups is 2. The SMILES string of the molecule is CC1CC(C)CN(c2ccc(N3C(=S)NC(c4ccccn4)C3c3ccc(-c4cc(C(=O)O)cc(C(=O)O)c4)o3)cc2Cl)C1. The van der Waals surface area contributed by atoms with Crippen molar-refractivity contribution < 1.29 is 24.2 Å². The third-order valence-electron chi connectivity index (χ3n) is 8.15. The summed E-state index contributed by atoms with van der Waals surface area (Å²) in [5, 5.41) is 23.6. The number of nitrogens with zero attached hydrogens (tertiary/aromatic N) is 3. The summed E-state index contributed by atoms with van der Waals surface area (Å²) in [5.74, 6) is -0.471. The summed E-state index contributed by atoms with van der Waals surface area (Å²) in [6.07, 6.45) is 2.91. The number of hydrogen-bond acceptors (Lipinski definition) is 6. The molecule has 2 aromatic heterocycles. The minimum Gasteiger partial charge on any atom is -0.478 e. The van der Waals surface area contributed by atoms with Gasteiger partial charge in [0.05, 0.1) is 33.6 Å². The predicted molar refractivity (Wildman–Crippen MR) is 173 cm³/mol. The second-order valence-electron chi connectivity index (χ2n) is 11.6. The van der Waals surface area contributed by atoms with E-state index < -0.39 is 18.0 Å². The number of carboxylic acid groups (broad SMARTS) is 2. The van der Waals surface area contributed by atoms with Gasteiger partial charge in [-0.2, -0.15) is 0 Å². The van der Waals surface area contributed by atoms with Crippen LogP contribution < -0.4 is 15.1 Å². The lowest BCUT2D eigenvalue weighted by Crippen LogP contribution is -2.38. The molecule has 0 radical (unpaired) electrons. The molecule has 2 fully saturated rings. The minimum absolute atomic E-state index is 0.151. The summed E-state index contributed by atoms with van der Waals surface area (Å²) in [6, 6.07) is 18.1. The highest BCUT2D eigenvalue weighted by molar-refractivity contribution is 7.80. The molecule has 4 unspecified atom stereocenters. The maximum Gasteiger partial charge on any atom is 0.335 e. The molecule has 11 heteroatoms. The first-order valence-electron chi connectivity index (χ1n) is 14.4. The van der Waals surface area contributed by atoms with Crippen molar-refractivity contribution in [2.24, 2.45) is 11.8 Å². The number of hydrogen-bond donors (Lipinski definition) is 3. The first-order chi connectivity index (χ1) is 21.1. The van der Waals surface area contributed by atoms with E-state index in [0.717, 1.165) is 36.2 Å². The van der Waals surface area contributed by atoms with Gasteiger partial charge >= 0.3 is 11.9 Å². The van der Waals surface area contributed by atoms with E-state index in [0.29, 0.717) is 39.1 Å². The Bertz CT molecular complexity index is 1700. The van der Waals surface area contributed by atoms with Crippen LogP contribution in [0.15, 0.2) is 77.3 Å². The first-order valence-corrected chi connectivity index (χ1v) is 15.1. The molecular weight excluding hydrogens is 600 g/mol. The van der Waals surface area contributed by atoms with Gasteiger partial charge in [-0.15, -0.1) is 0 Å². The number of aromatic carboxylic acids is 2. The molecule has 0 saturated carbocycles. The number of rotatable bonds is 7. The zero-order valence-corrected chi connectivity index (χ0v) is 25.7. The third-order valence-corrected chi connectivity index (χ3v) is 8.76. The number of anilines is 2. The van der Waals surface area contributed by atoms with Crippen molar-refractivity contribution in [3.8, 4) is 11.3 Å². The zero-order valence-electron chi connectivity index (χ0n) is 24.1. The van der Waals surface area contributed by atoms with Gasteiger partial charge in [0, 0.05) is 30.5 Å². The lowest BCUT2D eigenvalue weighted by molar-refractivity contribution is 0.0696. The van der Waals surface area contributed by atoms with E-state index >= 15 is 0 Å². The van der Waals surface area contributed by atoms with Gasteiger partial charge in [-0.05, 0) is 91.1 Å². The Morgan fingerprint density at radius 3 is 2.30 bits per heavy atom. The molecule has 226 valence electrons. The fourth-order valence-corrected chi connectivity index (χ4v) is 7.01. The first kappa shape index (κ1) is 29.7. The number of benzene rings is 2. The molecule has 0 bridgehead atoms. The van der Waals surface area contributed by atoms with Gasteiger partial charge in [0.1, 0.15) is 17.6 Å². The Labute approximate surface area is 265 Å². The molecule has 3 N–H and O–H groups in total. The van der Waals surface area contributed by atoms with Gasteiger partial charge < -0.3 is 29.7 Å². The second kappa shape index (κ2) is 11.9. The molecular formula is C33H31ClN4O5S. The van der Waals surface area contributed by atoms with Crippen LogP contribution in [0, 0.1) is 11.8 Å². The maximum absolute atomic E-state index is 11.7. The van der Waals surface area contributed by atoms with Crippen LogP contribution in [0.25, 0.3) is 11.3 Å². The van der Waals surface area contributed by atoms with Crippen molar-refractivity contribution in [2.45, 2.75) is 32.4 Å². The van der Waals surface area contributed by atoms with E-state index in [4.69, 9.17) is 28.2 Å². The fraction of sp³-hybridized carbons (Fsp3) is 0.273. The van der Waals surface area contributed by atoms with Crippen LogP contribution in [0.2, 0.25) is 5.02 Å². The van der Waals surface area contributed by atoms with Crippen molar-refractivity contribution in [3.63, 3.8) is 0 Å². The smallest absolute Gasteiger partial charge is 0.335 e. The molecule has 2 aliphatic heterocycles. The van der Waals surface area contributed by atoms with Crippen molar-refractivity contribution in [1.82, 2.24) is 10.3 Å². The van der Waals surface area contributed by atoms with Gasteiger partial charge in [-0.1, -0.05) is 31.5 Å². The molecule has 9 nitrogen and oxygen atoms in total. The molecule has 4 heterocycles. The summed E-state index contributed by atoms with van der Waals surface area (Å²) in [6.45, 7) is 6.41. The number of nitrogens with one attached hydrogen (secondary N) is 1. The predicted octanol–water partition coefficient (Wildman–Crippen LogP) is 7.05. The fourth-order valence-electron chi connectivity index (χ4n) is 6.37. The normalized spacial score (nSPS) is 21.8. The molecule has 2 aromatic carbocycles. The van der Waals surface area contributed by atoms with E-state index in [9.17, 15) is 19.8 Å². The van der Waals surface area contributed by atoms with Gasteiger partial charge in [0.25, 0.3) is 0 Å². The number of piperidine rings is 1. The summed E-state index contributed by atoms with van der Waals surface area (Å²) >= 11 is 12.8. The highest BCUT2D eigenvalue weighted by atomic mass is 35.5. The van der Waals surface area contributed by atoms with Crippen LogP contribution in [0.3, 0.4) is 0 Å². The van der Waals surface area contributed by atoms with Gasteiger partial charge in [-0.25, -0.2) is 9.59 Å². The van der Waals surface area contributed by atoms with E-state index in [1.807, 2.05) is 41.3 Å². The summed E-state index contributed by atoms with van der Waals surface area (Å²) in [5.41, 5.74) is 2.54. The van der Waals surface area contributed by atoms with Crippen LogP contribution in [0.1, 0.15) is 64.5 Å². The number of thiocarbonyl (C=S) groups is 1. The number of furan rings is 1. The maximum atomic E-state index is 11.7. The van der Waals surface area contributed by atoms with Crippen molar-refractivity contribution in [2.75, 3.05) is 22.9 Å². The Hall–Kier alpha value is -4.41. The molecule has 0 aliphatic carbocycles. The molecule has 4 atom stereocenters. The quantitative estimate of drug-likeness (QED) is 0.183. The molecule has 6 rings (SSSR count). The Morgan fingerprint density at radius 1 is 0.977 bits per heavy atom. The van der Waals surface area contributed by atoms with Crippen LogP contribution in [-0.4, -0.2) is 45.3 Å². The molecule has 0 spiro atoms. The Kier molecular flexibility index (Phi) is 8.04. The van der Waals surface area contributed by atoms with E-state index in [1.54, 1.807) is 18.3 Å². The average molecular weight is 631 g/mol.